The molecule has 0 bridgehead atoms. The fraction of sp³-hybridized carbons (Fsp3) is 0.450. The minimum absolute atomic E-state index is 0.0112. The number of fused-ring (bicyclic) bond motifs is 3. The summed E-state index contributed by atoms with van der Waals surface area (Å²) < 4.78 is 9.92. The molecule has 27 heavy (non-hydrogen) atoms. The van der Waals surface area contributed by atoms with Crippen molar-refractivity contribution in [3.63, 3.8) is 0 Å². The van der Waals surface area contributed by atoms with Crippen LogP contribution in [0.1, 0.15) is 37.6 Å². The number of ether oxygens (including phenoxy) is 1. The minimum Gasteiger partial charge on any atom is -0.391 e. The molecule has 1 saturated heterocycles. The second kappa shape index (κ2) is 6.82. The zero-order chi connectivity index (χ0) is 18.5. The molecule has 7 heteroatoms. The zero-order valence-electron chi connectivity index (χ0n) is 14.9. The van der Waals surface area contributed by atoms with Gasteiger partial charge in [0, 0.05) is 41.6 Å². The Labute approximate surface area is 167 Å². The van der Waals surface area contributed by atoms with Gasteiger partial charge in [-0.2, -0.15) is 5.10 Å². The molecular weight excluding hydrogens is 385 g/mol. The quantitative estimate of drug-likeness (QED) is 0.664. The Bertz CT molecular complexity index is 1000. The number of aliphatic hydroxyl groups excluding tert-OH is 1. The van der Waals surface area contributed by atoms with E-state index in [-0.39, 0.29) is 12.3 Å². The normalized spacial score (nSPS) is 22.9. The van der Waals surface area contributed by atoms with Gasteiger partial charge in [-0.15, -0.1) is 0 Å². The van der Waals surface area contributed by atoms with Crippen molar-refractivity contribution in [2.45, 2.75) is 51.0 Å². The lowest BCUT2D eigenvalue weighted by Crippen LogP contribution is -2.24. The van der Waals surface area contributed by atoms with E-state index >= 15 is 0 Å². The van der Waals surface area contributed by atoms with E-state index in [1.54, 1.807) is 0 Å². The highest BCUT2D eigenvalue weighted by Gasteiger charge is 2.27. The van der Waals surface area contributed by atoms with E-state index < -0.39 is 0 Å². The van der Waals surface area contributed by atoms with E-state index in [4.69, 9.17) is 27.9 Å². The lowest BCUT2D eigenvalue weighted by Gasteiger charge is -2.23. The molecule has 1 N–H and O–H groups in total. The van der Waals surface area contributed by atoms with E-state index in [0.29, 0.717) is 16.6 Å². The summed E-state index contributed by atoms with van der Waals surface area (Å²) in [6, 6.07) is 3.86. The molecule has 142 valence electrons. The number of hydrogen-bond acceptors (Lipinski definition) is 3. The van der Waals surface area contributed by atoms with Gasteiger partial charge in [-0.3, -0.25) is 0 Å². The predicted molar refractivity (Wildman–Crippen MR) is 106 cm³/mol. The second-order valence-corrected chi connectivity index (χ2v) is 8.20. The van der Waals surface area contributed by atoms with Gasteiger partial charge in [-0.05, 0) is 38.2 Å². The average Bonchev–Trinajstić information content (AvgIpc) is 3.28. The number of hydrogen-bond donors (Lipinski definition) is 1. The Balaban J connectivity index is 1.67. The molecule has 0 saturated carbocycles. The Morgan fingerprint density at radius 2 is 2.07 bits per heavy atom. The molecule has 5 rings (SSSR count). The third kappa shape index (κ3) is 2.88. The summed E-state index contributed by atoms with van der Waals surface area (Å²) in [5.74, 6) is 0. The monoisotopic (exact) mass is 405 g/mol. The SMILES string of the molecule is OC1CCc2c(-c3cnn(C4CCCCO4)c3)c3ccc(Cl)c(Cl)c3n2C1. The van der Waals surface area contributed by atoms with Gasteiger partial charge in [0.15, 0.2) is 0 Å². The van der Waals surface area contributed by atoms with Crippen LogP contribution in [0.15, 0.2) is 24.5 Å². The van der Waals surface area contributed by atoms with Crippen LogP contribution in [0.3, 0.4) is 0 Å². The molecule has 2 atom stereocenters. The van der Waals surface area contributed by atoms with Crippen LogP contribution < -0.4 is 0 Å². The Hall–Kier alpha value is -1.53. The van der Waals surface area contributed by atoms with Crippen molar-refractivity contribution in [2.75, 3.05) is 6.61 Å². The standard InChI is InChI=1S/C20H21Cl2N3O2/c21-15-6-5-14-18(12-9-23-25(10-12)17-3-1-2-8-27-17)16-7-4-13(26)11-24(16)20(14)19(15)22/h5-6,9-10,13,17,26H,1-4,7-8,11H2. The first-order valence-corrected chi connectivity index (χ1v) is 10.2. The van der Waals surface area contributed by atoms with Crippen molar-refractivity contribution in [1.29, 1.82) is 0 Å². The second-order valence-electron chi connectivity index (χ2n) is 7.41. The van der Waals surface area contributed by atoms with Crippen LogP contribution in [-0.2, 0) is 17.7 Å². The van der Waals surface area contributed by atoms with E-state index in [9.17, 15) is 5.11 Å². The molecule has 2 aromatic heterocycles. The molecule has 1 aromatic carbocycles. The van der Waals surface area contributed by atoms with Crippen molar-refractivity contribution >= 4 is 34.1 Å². The summed E-state index contributed by atoms with van der Waals surface area (Å²) in [4.78, 5) is 0. The van der Waals surface area contributed by atoms with Crippen LogP contribution in [0.4, 0.5) is 0 Å². The first-order valence-electron chi connectivity index (χ1n) is 9.46. The molecule has 2 aliphatic heterocycles. The van der Waals surface area contributed by atoms with Crippen LogP contribution >= 0.6 is 23.2 Å². The topological polar surface area (TPSA) is 52.2 Å². The Morgan fingerprint density at radius 1 is 1.19 bits per heavy atom. The lowest BCUT2D eigenvalue weighted by atomic mass is 10.00. The summed E-state index contributed by atoms with van der Waals surface area (Å²) in [7, 11) is 0. The van der Waals surface area contributed by atoms with Crippen molar-refractivity contribution in [3.05, 3.63) is 40.3 Å². The summed E-state index contributed by atoms with van der Waals surface area (Å²) in [6.07, 6.45) is 8.43. The number of aliphatic hydroxyl groups is 1. The molecule has 1 fully saturated rings. The average molecular weight is 406 g/mol. The van der Waals surface area contributed by atoms with Crippen molar-refractivity contribution in [2.24, 2.45) is 0 Å². The number of halogens is 2. The summed E-state index contributed by atoms with van der Waals surface area (Å²) >= 11 is 12.8. The van der Waals surface area contributed by atoms with Crippen molar-refractivity contribution in [1.82, 2.24) is 14.3 Å². The number of rotatable bonds is 2. The molecule has 4 heterocycles. The van der Waals surface area contributed by atoms with Gasteiger partial charge in [-0.1, -0.05) is 29.3 Å². The maximum atomic E-state index is 10.2. The number of aromatic nitrogens is 3. The molecule has 2 aliphatic rings. The van der Waals surface area contributed by atoms with Crippen molar-refractivity contribution in [3.8, 4) is 11.1 Å². The van der Waals surface area contributed by atoms with Gasteiger partial charge >= 0.3 is 0 Å². The zero-order valence-corrected chi connectivity index (χ0v) is 16.4. The first-order chi connectivity index (χ1) is 13.1. The van der Waals surface area contributed by atoms with E-state index in [0.717, 1.165) is 60.7 Å². The maximum Gasteiger partial charge on any atom is 0.150 e. The summed E-state index contributed by atoms with van der Waals surface area (Å²) in [5.41, 5.74) is 4.27. The van der Waals surface area contributed by atoms with Gasteiger partial charge < -0.3 is 14.4 Å². The third-order valence-electron chi connectivity index (χ3n) is 5.67. The van der Waals surface area contributed by atoms with Gasteiger partial charge in [0.05, 0.1) is 27.9 Å². The first kappa shape index (κ1) is 17.6. The van der Waals surface area contributed by atoms with Gasteiger partial charge in [-0.25, -0.2) is 4.68 Å². The number of nitrogens with zero attached hydrogens (tertiary/aromatic N) is 3. The fourth-order valence-electron chi connectivity index (χ4n) is 4.38. The molecule has 3 aromatic rings. The molecule has 0 radical (unpaired) electrons. The van der Waals surface area contributed by atoms with Gasteiger partial charge in [0.2, 0.25) is 0 Å². The number of benzene rings is 1. The van der Waals surface area contributed by atoms with Crippen LogP contribution in [0, 0.1) is 0 Å². The molecule has 0 spiro atoms. The van der Waals surface area contributed by atoms with Gasteiger partial charge in [0.1, 0.15) is 6.23 Å². The third-order valence-corrected chi connectivity index (χ3v) is 6.47. The van der Waals surface area contributed by atoms with Crippen LogP contribution in [-0.4, -0.2) is 32.2 Å². The Kier molecular flexibility index (Phi) is 4.43. The predicted octanol–water partition coefficient (Wildman–Crippen LogP) is 4.82. The molecule has 0 amide bonds. The summed E-state index contributed by atoms with van der Waals surface area (Å²) in [5, 5.41) is 16.9. The van der Waals surface area contributed by atoms with Crippen LogP contribution in [0.2, 0.25) is 10.0 Å². The lowest BCUT2D eigenvalue weighted by molar-refractivity contribution is -0.0394. The highest BCUT2D eigenvalue weighted by molar-refractivity contribution is 6.45. The van der Waals surface area contributed by atoms with E-state index in [1.165, 1.54) is 5.69 Å². The highest BCUT2D eigenvalue weighted by Crippen LogP contribution is 2.43. The van der Waals surface area contributed by atoms with Crippen molar-refractivity contribution < 1.29 is 9.84 Å². The molecule has 2 unspecified atom stereocenters. The Morgan fingerprint density at radius 3 is 2.89 bits per heavy atom. The summed E-state index contributed by atoms with van der Waals surface area (Å²) in [6.45, 7) is 1.32. The molecule has 0 aliphatic carbocycles. The smallest absolute Gasteiger partial charge is 0.150 e. The highest BCUT2D eigenvalue weighted by atomic mass is 35.5. The molecular formula is C20H21Cl2N3O2. The van der Waals surface area contributed by atoms with E-state index in [1.807, 2.05) is 23.0 Å². The van der Waals surface area contributed by atoms with E-state index in [2.05, 4.69) is 15.9 Å². The fourth-order valence-corrected chi connectivity index (χ4v) is 4.80. The maximum absolute atomic E-state index is 10.2. The minimum atomic E-state index is -0.366. The largest absolute Gasteiger partial charge is 0.391 e. The van der Waals surface area contributed by atoms with Gasteiger partial charge in [0.25, 0.3) is 0 Å². The van der Waals surface area contributed by atoms with Crippen LogP contribution in [0.5, 0.6) is 0 Å². The van der Waals surface area contributed by atoms with Crippen LogP contribution in [0.25, 0.3) is 22.0 Å². The molecule has 5 nitrogen and oxygen atoms in total.